The molecule has 0 atom stereocenters. The van der Waals surface area contributed by atoms with Gasteiger partial charge in [-0.3, -0.25) is 9.59 Å². The molecule has 0 saturated carbocycles. The number of para-hydroxylation sites is 1. The van der Waals surface area contributed by atoms with Crippen molar-refractivity contribution in [3.05, 3.63) is 80.1 Å². The molecule has 1 amide bonds. The summed E-state index contributed by atoms with van der Waals surface area (Å²) in [5.74, 6) is -0.530. The number of carbonyl (C=O) groups excluding carboxylic acids is 1. The lowest BCUT2D eigenvalue weighted by Gasteiger charge is -2.07. The zero-order chi connectivity index (χ0) is 16.4. The third-order valence-electron chi connectivity index (χ3n) is 3.31. The van der Waals surface area contributed by atoms with Gasteiger partial charge in [0.05, 0.1) is 5.39 Å². The number of carbonyl (C=O) groups is 1. The van der Waals surface area contributed by atoms with Gasteiger partial charge in [-0.15, -0.1) is 0 Å². The Balaban J connectivity index is 1.82. The number of rotatable bonds is 3. The predicted octanol–water partition coefficient (Wildman–Crippen LogP) is 4.03. The van der Waals surface area contributed by atoms with E-state index in [2.05, 4.69) is 5.32 Å². The molecule has 4 nitrogen and oxygen atoms in total. The minimum absolute atomic E-state index is 0.0428. The topological polar surface area (TPSA) is 59.3 Å². The first-order valence-corrected chi connectivity index (χ1v) is 7.55. The molecule has 0 fully saturated rings. The van der Waals surface area contributed by atoms with Crippen LogP contribution >= 0.6 is 23.2 Å². The van der Waals surface area contributed by atoms with Crippen LogP contribution in [0.15, 0.2) is 57.7 Å². The van der Waals surface area contributed by atoms with E-state index in [-0.39, 0.29) is 17.7 Å². The normalized spacial score (nSPS) is 10.7. The SMILES string of the molecule is O=C(NCc1ccc(Cl)cc1Cl)c1cc(=O)c2ccccc2o1. The highest BCUT2D eigenvalue weighted by atomic mass is 35.5. The second-order valence-electron chi connectivity index (χ2n) is 4.89. The van der Waals surface area contributed by atoms with Gasteiger partial charge in [0.25, 0.3) is 5.91 Å². The summed E-state index contributed by atoms with van der Waals surface area (Å²) in [4.78, 5) is 24.2. The van der Waals surface area contributed by atoms with E-state index in [4.69, 9.17) is 27.6 Å². The van der Waals surface area contributed by atoms with Crippen LogP contribution in [0, 0.1) is 0 Å². The van der Waals surface area contributed by atoms with Gasteiger partial charge in [0.2, 0.25) is 0 Å². The number of nitrogens with one attached hydrogen (secondary N) is 1. The summed E-state index contributed by atoms with van der Waals surface area (Å²) in [7, 11) is 0. The van der Waals surface area contributed by atoms with Crippen LogP contribution < -0.4 is 10.7 Å². The van der Waals surface area contributed by atoms with E-state index in [0.29, 0.717) is 26.6 Å². The lowest BCUT2D eigenvalue weighted by Crippen LogP contribution is -2.24. The molecule has 0 unspecified atom stereocenters. The number of amides is 1. The maximum Gasteiger partial charge on any atom is 0.287 e. The molecule has 0 spiro atoms. The van der Waals surface area contributed by atoms with Crippen LogP contribution in [0.5, 0.6) is 0 Å². The van der Waals surface area contributed by atoms with Gasteiger partial charge in [-0.05, 0) is 29.8 Å². The standard InChI is InChI=1S/C17H11Cl2NO3/c18-11-6-5-10(13(19)7-11)9-20-17(22)16-8-14(21)12-3-1-2-4-15(12)23-16/h1-8H,9H2,(H,20,22). The van der Waals surface area contributed by atoms with Gasteiger partial charge in [-0.25, -0.2) is 0 Å². The lowest BCUT2D eigenvalue weighted by molar-refractivity contribution is 0.0923. The third-order valence-corrected chi connectivity index (χ3v) is 3.90. The van der Waals surface area contributed by atoms with Gasteiger partial charge in [0.15, 0.2) is 11.2 Å². The Morgan fingerprint density at radius 3 is 2.65 bits per heavy atom. The highest BCUT2D eigenvalue weighted by molar-refractivity contribution is 6.35. The second-order valence-corrected chi connectivity index (χ2v) is 5.73. The summed E-state index contributed by atoms with van der Waals surface area (Å²) >= 11 is 11.9. The number of fused-ring (bicyclic) bond motifs is 1. The molecule has 1 N–H and O–H groups in total. The van der Waals surface area contributed by atoms with Crippen LogP contribution in [0.3, 0.4) is 0 Å². The minimum Gasteiger partial charge on any atom is -0.451 e. The molecule has 3 aromatic rings. The molecule has 2 aromatic carbocycles. The van der Waals surface area contributed by atoms with Crippen molar-refractivity contribution in [2.24, 2.45) is 0 Å². The smallest absolute Gasteiger partial charge is 0.287 e. The van der Waals surface area contributed by atoms with Gasteiger partial charge >= 0.3 is 0 Å². The van der Waals surface area contributed by atoms with Crippen LogP contribution in [0.2, 0.25) is 10.0 Å². The molecule has 0 bridgehead atoms. The van der Waals surface area contributed by atoms with Gasteiger partial charge in [-0.2, -0.15) is 0 Å². The quantitative estimate of drug-likeness (QED) is 0.777. The summed E-state index contributed by atoms with van der Waals surface area (Å²) in [5.41, 5.74) is 0.823. The molecule has 3 rings (SSSR count). The highest BCUT2D eigenvalue weighted by Crippen LogP contribution is 2.21. The van der Waals surface area contributed by atoms with Crippen molar-refractivity contribution in [3.63, 3.8) is 0 Å². The van der Waals surface area contributed by atoms with E-state index < -0.39 is 5.91 Å². The van der Waals surface area contributed by atoms with Gasteiger partial charge < -0.3 is 9.73 Å². The summed E-state index contributed by atoms with van der Waals surface area (Å²) < 4.78 is 5.48. The van der Waals surface area contributed by atoms with Gasteiger partial charge in [-0.1, -0.05) is 41.4 Å². The molecule has 1 aromatic heterocycles. The Kier molecular flexibility index (Phi) is 4.37. The number of hydrogen-bond acceptors (Lipinski definition) is 3. The molecular weight excluding hydrogens is 337 g/mol. The summed E-state index contributed by atoms with van der Waals surface area (Å²) in [6.07, 6.45) is 0. The first-order chi connectivity index (χ1) is 11.0. The summed E-state index contributed by atoms with van der Waals surface area (Å²) in [6.45, 7) is 0.200. The Labute approximate surface area is 141 Å². The van der Waals surface area contributed by atoms with Crippen LogP contribution in [0.25, 0.3) is 11.0 Å². The lowest BCUT2D eigenvalue weighted by atomic mass is 10.2. The Morgan fingerprint density at radius 1 is 1.09 bits per heavy atom. The molecule has 116 valence electrons. The van der Waals surface area contributed by atoms with Crippen LogP contribution in [-0.2, 0) is 6.54 Å². The molecule has 1 heterocycles. The first-order valence-electron chi connectivity index (χ1n) is 6.79. The molecule has 6 heteroatoms. The van der Waals surface area contributed by atoms with E-state index in [0.717, 1.165) is 0 Å². The number of benzene rings is 2. The molecule has 23 heavy (non-hydrogen) atoms. The number of halogens is 2. The van der Waals surface area contributed by atoms with Gasteiger partial charge in [0, 0.05) is 22.7 Å². The Bertz CT molecular complexity index is 950. The zero-order valence-electron chi connectivity index (χ0n) is 11.8. The second kappa shape index (κ2) is 6.44. The van der Waals surface area contributed by atoms with E-state index >= 15 is 0 Å². The zero-order valence-corrected chi connectivity index (χ0v) is 13.3. The summed E-state index contributed by atoms with van der Waals surface area (Å²) in [6, 6.07) is 13.0. The van der Waals surface area contributed by atoms with Crippen molar-refractivity contribution in [2.45, 2.75) is 6.54 Å². The van der Waals surface area contributed by atoms with Crippen molar-refractivity contribution >= 4 is 40.1 Å². The van der Waals surface area contributed by atoms with E-state index in [1.165, 1.54) is 6.07 Å². The molecule has 0 aliphatic carbocycles. The van der Waals surface area contributed by atoms with Crippen molar-refractivity contribution in [1.29, 1.82) is 0 Å². The molecule has 0 aliphatic heterocycles. The largest absolute Gasteiger partial charge is 0.451 e. The third kappa shape index (κ3) is 3.38. The van der Waals surface area contributed by atoms with Crippen LogP contribution in [-0.4, -0.2) is 5.91 Å². The van der Waals surface area contributed by atoms with Crippen molar-refractivity contribution in [2.75, 3.05) is 0 Å². The van der Waals surface area contributed by atoms with Crippen LogP contribution in [0.1, 0.15) is 16.1 Å². The molecular formula is C17H11Cl2NO3. The maximum absolute atomic E-state index is 12.2. The Morgan fingerprint density at radius 2 is 1.87 bits per heavy atom. The van der Waals surface area contributed by atoms with Crippen molar-refractivity contribution < 1.29 is 9.21 Å². The first kappa shape index (κ1) is 15.6. The van der Waals surface area contributed by atoms with E-state index in [1.54, 1.807) is 42.5 Å². The highest BCUT2D eigenvalue weighted by Gasteiger charge is 2.12. The predicted molar refractivity (Wildman–Crippen MR) is 90.1 cm³/mol. The molecule has 0 radical (unpaired) electrons. The average Bonchev–Trinajstić information content (AvgIpc) is 2.53. The fourth-order valence-corrected chi connectivity index (χ4v) is 2.62. The fourth-order valence-electron chi connectivity index (χ4n) is 2.14. The summed E-state index contributed by atoms with van der Waals surface area (Å²) in [5, 5.41) is 4.08. The average molecular weight is 348 g/mol. The van der Waals surface area contributed by atoms with Crippen molar-refractivity contribution in [1.82, 2.24) is 5.32 Å². The van der Waals surface area contributed by atoms with Crippen molar-refractivity contribution in [3.8, 4) is 0 Å². The van der Waals surface area contributed by atoms with Gasteiger partial charge in [0.1, 0.15) is 5.58 Å². The van der Waals surface area contributed by atoms with E-state index in [9.17, 15) is 9.59 Å². The van der Waals surface area contributed by atoms with Crippen LogP contribution in [0.4, 0.5) is 0 Å². The number of hydrogen-bond donors (Lipinski definition) is 1. The molecule has 0 saturated heterocycles. The molecule has 0 aliphatic rings. The monoisotopic (exact) mass is 347 g/mol. The Hall–Kier alpha value is -2.30. The maximum atomic E-state index is 12.2. The van der Waals surface area contributed by atoms with E-state index in [1.807, 2.05) is 0 Å². The fraction of sp³-hybridized carbons (Fsp3) is 0.0588. The minimum atomic E-state index is -0.487.